The molecule has 1 fully saturated rings. The van der Waals surface area contributed by atoms with Crippen LogP contribution in [0.3, 0.4) is 0 Å². The van der Waals surface area contributed by atoms with E-state index in [-0.39, 0.29) is 22.5 Å². The zero-order valence-electron chi connectivity index (χ0n) is 17.2. The van der Waals surface area contributed by atoms with Gasteiger partial charge in [-0.2, -0.15) is 8.42 Å². The molecule has 1 aliphatic carbocycles. The summed E-state index contributed by atoms with van der Waals surface area (Å²) >= 11 is 6.01. The maximum Gasteiger partial charge on any atom is 0.281 e. The first-order valence-corrected chi connectivity index (χ1v) is 11.9. The first-order valence-electron chi connectivity index (χ1n) is 10.1. The molecule has 0 spiro atoms. The molecular formula is C21H21ClN4O5S. The van der Waals surface area contributed by atoms with Crippen LogP contribution in [0.5, 0.6) is 0 Å². The van der Waals surface area contributed by atoms with Crippen LogP contribution in [0.2, 0.25) is 5.02 Å². The average Bonchev–Trinajstić information content (AvgIpc) is 3.16. The number of aromatic nitrogens is 2. The van der Waals surface area contributed by atoms with Crippen LogP contribution in [-0.4, -0.2) is 36.2 Å². The van der Waals surface area contributed by atoms with Gasteiger partial charge in [0.05, 0.1) is 0 Å². The van der Waals surface area contributed by atoms with E-state index in [4.69, 9.17) is 16.0 Å². The van der Waals surface area contributed by atoms with Gasteiger partial charge in [0.1, 0.15) is 5.52 Å². The third-order valence-corrected chi connectivity index (χ3v) is 6.89. The number of hydrogen-bond acceptors (Lipinski definition) is 7. The van der Waals surface area contributed by atoms with Crippen LogP contribution >= 0.6 is 11.6 Å². The van der Waals surface area contributed by atoms with Crippen molar-refractivity contribution in [3.05, 3.63) is 53.0 Å². The van der Waals surface area contributed by atoms with Crippen molar-refractivity contribution in [2.75, 3.05) is 0 Å². The zero-order valence-corrected chi connectivity index (χ0v) is 18.7. The highest BCUT2D eigenvalue weighted by molar-refractivity contribution is 7.90. The lowest BCUT2D eigenvalue weighted by molar-refractivity contribution is -0.117. The highest BCUT2D eigenvalue weighted by Crippen LogP contribution is 2.34. The highest BCUT2D eigenvalue weighted by Gasteiger charge is 2.27. The fourth-order valence-electron chi connectivity index (χ4n) is 3.79. The fraction of sp³-hybridized carbons (Fsp3) is 0.333. The van der Waals surface area contributed by atoms with Gasteiger partial charge in [0.15, 0.2) is 16.5 Å². The second-order valence-corrected chi connectivity index (χ2v) is 9.80. The topological polar surface area (TPSA) is 131 Å². The van der Waals surface area contributed by atoms with Crippen LogP contribution in [0.25, 0.3) is 11.1 Å². The molecule has 0 radical (unpaired) electrons. The Balaban J connectivity index is 1.38. The van der Waals surface area contributed by atoms with Crippen LogP contribution in [0.15, 0.2) is 46.0 Å². The Morgan fingerprint density at radius 2 is 1.88 bits per heavy atom. The number of nitrogens with zero attached hydrogens (tertiary/aromatic N) is 2. The van der Waals surface area contributed by atoms with E-state index in [1.54, 1.807) is 18.2 Å². The van der Waals surface area contributed by atoms with Gasteiger partial charge in [-0.15, -0.1) is 0 Å². The van der Waals surface area contributed by atoms with Crippen molar-refractivity contribution in [3.63, 3.8) is 0 Å². The molecule has 1 saturated carbocycles. The van der Waals surface area contributed by atoms with Crippen molar-refractivity contribution in [1.82, 2.24) is 20.0 Å². The van der Waals surface area contributed by atoms with Crippen LogP contribution in [0.4, 0.5) is 0 Å². The minimum absolute atomic E-state index is 0.0545. The largest absolute Gasteiger partial charge is 0.440 e. The quantitative estimate of drug-likeness (QED) is 0.578. The van der Waals surface area contributed by atoms with Crippen molar-refractivity contribution in [1.29, 1.82) is 0 Å². The van der Waals surface area contributed by atoms with Gasteiger partial charge in [0, 0.05) is 35.7 Å². The molecule has 168 valence electrons. The minimum atomic E-state index is -4.12. The summed E-state index contributed by atoms with van der Waals surface area (Å²) in [5.41, 5.74) is 1.58. The van der Waals surface area contributed by atoms with Crippen molar-refractivity contribution in [3.8, 4) is 0 Å². The number of rotatable bonds is 5. The predicted molar refractivity (Wildman–Crippen MR) is 117 cm³/mol. The van der Waals surface area contributed by atoms with E-state index in [1.807, 2.05) is 4.72 Å². The summed E-state index contributed by atoms with van der Waals surface area (Å²) < 4.78 is 31.9. The third kappa shape index (κ3) is 4.91. The van der Waals surface area contributed by atoms with Crippen LogP contribution in [0.1, 0.15) is 54.8 Å². The van der Waals surface area contributed by atoms with Crippen LogP contribution in [-0.2, 0) is 14.8 Å². The van der Waals surface area contributed by atoms with E-state index in [2.05, 4.69) is 15.3 Å². The number of nitrogens with one attached hydrogen (secondary N) is 2. The average molecular weight is 477 g/mol. The number of amides is 2. The molecule has 11 heteroatoms. The number of hydrogen-bond donors (Lipinski definition) is 2. The van der Waals surface area contributed by atoms with E-state index in [9.17, 15) is 18.0 Å². The van der Waals surface area contributed by atoms with E-state index in [0.717, 1.165) is 44.2 Å². The standard InChI is InChI=1S/C21H21ClN4O5S/c1-12(27)26-32(29,30)19-10-14(8-9-23-19)20(28)24-16-5-2-13(3-6-16)21-25-17-11-15(22)4-7-18(17)31-21/h4,7-11,13,16H,2-3,5-6H2,1H3,(H,24,28)(H,26,27). The van der Waals surface area contributed by atoms with Gasteiger partial charge in [0.2, 0.25) is 5.91 Å². The normalized spacial score (nSPS) is 18.9. The maximum absolute atomic E-state index is 12.7. The van der Waals surface area contributed by atoms with Crippen LogP contribution in [0, 0.1) is 0 Å². The van der Waals surface area contributed by atoms with Crippen LogP contribution < -0.4 is 10.0 Å². The molecule has 1 aromatic carbocycles. The van der Waals surface area contributed by atoms with Gasteiger partial charge in [0.25, 0.3) is 15.9 Å². The number of sulfonamides is 1. The van der Waals surface area contributed by atoms with Gasteiger partial charge in [-0.1, -0.05) is 11.6 Å². The first kappa shape index (κ1) is 22.2. The summed E-state index contributed by atoms with van der Waals surface area (Å²) in [5.74, 6) is -0.300. The summed E-state index contributed by atoms with van der Waals surface area (Å²) in [4.78, 5) is 32.0. The second kappa shape index (κ2) is 8.87. The molecule has 0 saturated heterocycles. The molecule has 0 atom stereocenters. The van der Waals surface area contributed by atoms with Gasteiger partial charge in [-0.3, -0.25) is 9.59 Å². The van der Waals surface area contributed by atoms with Gasteiger partial charge < -0.3 is 9.73 Å². The number of fused-ring (bicyclic) bond motifs is 1. The number of carbonyl (C=O) groups excluding carboxylic acids is 2. The maximum atomic E-state index is 12.7. The lowest BCUT2D eigenvalue weighted by Crippen LogP contribution is -2.37. The first-order chi connectivity index (χ1) is 15.2. The molecule has 32 heavy (non-hydrogen) atoms. The van der Waals surface area contributed by atoms with Crippen molar-refractivity contribution in [2.45, 2.75) is 49.6 Å². The minimum Gasteiger partial charge on any atom is -0.440 e. The molecule has 0 unspecified atom stereocenters. The van der Waals surface area contributed by atoms with Crippen molar-refractivity contribution < 1.29 is 22.4 Å². The summed E-state index contributed by atoms with van der Waals surface area (Å²) in [7, 11) is -4.12. The third-order valence-electron chi connectivity index (χ3n) is 5.33. The summed E-state index contributed by atoms with van der Waals surface area (Å²) in [6.45, 7) is 1.08. The molecule has 0 aliphatic heterocycles. The Bertz CT molecular complexity index is 1280. The lowest BCUT2D eigenvalue weighted by Gasteiger charge is -2.27. The Morgan fingerprint density at radius 1 is 1.12 bits per heavy atom. The van der Waals surface area contributed by atoms with E-state index < -0.39 is 21.8 Å². The molecule has 4 rings (SSSR count). The Kier molecular flexibility index (Phi) is 6.16. The molecule has 2 aromatic heterocycles. The molecule has 0 bridgehead atoms. The Labute approximate surface area is 189 Å². The number of halogens is 1. The molecule has 9 nitrogen and oxygen atoms in total. The smallest absolute Gasteiger partial charge is 0.281 e. The number of benzene rings is 1. The van der Waals surface area contributed by atoms with Gasteiger partial charge in [-0.05, 0) is 56.0 Å². The Hall–Kier alpha value is -2.98. The van der Waals surface area contributed by atoms with Crippen molar-refractivity contribution >= 4 is 44.5 Å². The predicted octanol–water partition coefficient (Wildman–Crippen LogP) is 3.16. The molecule has 2 heterocycles. The van der Waals surface area contributed by atoms with E-state index in [1.165, 1.54) is 12.3 Å². The summed E-state index contributed by atoms with van der Waals surface area (Å²) in [6.07, 6.45) is 4.28. The number of carbonyl (C=O) groups is 2. The van der Waals surface area contributed by atoms with Gasteiger partial charge in [-0.25, -0.2) is 14.7 Å². The van der Waals surface area contributed by atoms with Gasteiger partial charge >= 0.3 is 0 Å². The van der Waals surface area contributed by atoms with E-state index >= 15 is 0 Å². The highest BCUT2D eigenvalue weighted by atomic mass is 35.5. The molecule has 3 aromatic rings. The summed E-state index contributed by atoms with van der Waals surface area (Å²) in [6, 6.07) is 7.85. The molecule has 2 N–H and O–H groups in total. The van der Waals surface area contributed by atoms with E-state index in [0.29, 0.717) is 16.5 Å². The lowest BCUT2D eigenvalue weighted by atomic mass is 9.86. The second-order valence-electron chi connectivity index (χ2n) is 7.73. The summed E-state index contributed by atoms with van der Waals surface area (Å²) in [5, 5.41) is 3.16. The monoisotopic (exact) mass is 476 g/mol. The fourth-order valence-corrected chi connectivity index (χ4v) is 4.92. The Morgan fingerprint density at radius 3 is 2.59 bits per heavy atom. The van der Waals surface area contributed by atoms with Crippen molar-refractivity contribution in [2.24, 2.45) is 0 Å². The number of pyridine rings is 1. The SMILES string of the molecule is CC(=O)NS(=O)(=O)c1cc(C(=O)NC2CCC(c3nc4cc(Cl)ccc4o3)CC2)ccn1. The number of oxazole rings is 1. The zero-order chi connectivity index (χ0) is 22.9. The molecule has 2 amide bonds. The molecular weight excluding hydrogens is 456 g/mol. The molecule has 1 aliphatic rings.